The van der Waals surface area contributed by atoms with E-state index in [1.54, 1.807) is 0 Å². The summed E-state index contributed by atoms with van der Waals surface area (Å²) in [6, 6.07) is -1.73. The van der Waals surface area contributed by atoms with Gasteiger partial charge in [-0.1, -0.05) is 6.04 Å². The zero-order valence-corrected chi connectivity index (χ0v) is 11.0. The number of hydrogen-bond acceptors (Lipinski definition) is 3. The number of nitrogens with one attached hydrogen (secondary N) is 2. The maximum Gasteiger partial charge on any atom is 0.407 e. The van der Waals surface area contributed by atoms with Crippen LogP contribution in [0.5, 0.6) is 0 Å². The lowest BCUT2D eigenvalue weighted by Gasteiger charge is -2.09. The smallest absolute Gasteiger partial charge is 0.407 e. The predicted octanol–water partition coefficient (Wildman–Crippen LogP) is 1.92. The summed E-state index contributed by atoms with van der Waals surface area (Å²) in [4.78, 5) is 13.8. The molecule has 1 aliphatic rings. The van der Waals surface area contributed by atoms with Crippen molar-refractivity contribution in [2.75, 3.05) is 27.1 Å². The van der Waals surface area contributed by atoms with Gasteiger partial charge in [-0.15, -0.1) is 0 Å². The Bertz CT molecular complexity index is 1080. The molecule has 1 fully saturated rings. The first-order chi connectivity index (χ1) is 14.9. The number of amides is 1. The van der Waals surface area contributed by atoms with Gasteiger partial charge in [-0.2, -0.15) is 0 Å². The van der Waals surface area contributed by atoms with Crippen LogP contribution in [0.3, 0.4) is 0 Å². The van der Waals surface area contributed by atoms with Crippen LogP contribution in [0.1, 0.15) is 27.6 Å². The number of rotatable bonds is 5. The molecular formula is C16H21N3O2. The highest BCUT2D eigenvalue weighted by Crippen LogP contribution is 2.21. The van der Waals surface area contributed by atoms with E-state index in [2.05, 4.69) is 10.3 Å². The molecule has 3 rings (SSSR count). The van der Waals surface area contributed by atoms with Crippen LogP contribution in [0, 0.1) is 0 Å². The Kier molecular flexibility index (Phi) is 1.55. The minimum Gasteiger partial charge on any atom is -0.447 e. The molecule has 0 unspecified atom stereocenters. The summed E-state index contributed by atoms with van der Waals surface area (Å²) >= 11 is 0. The number of aromatic nitrogens is 1. The summed E-state index contributed by atoms with van der Waals surface area (Å²) in [5, 5.41) is 2.27. The topological polar surface area (TPSA) is 57.4 Å². The maximum absolute atomic E-state index is 11.3. The Hall–Kier alpha value is -2.01. The third kappa shape index (κ3) is 3.19. The van der Waals surface area contributed by atoms with Gasteiger partial charge in [-0.05, 0) is 50.0 Å². The van der Waals surface area contributed by atoms with E-state index in [-0.39, 0.29) is 46.5 Å². The van der Waals surface area contributed by atoms with Gasteiger partial charge in [0.05, 0.1) is 11.5 Å². The van der Waals surface area contributed by atoms with Gasteiger partial charge in [0.2, 0.25) is 0 Å². The fourth-order valence-electron chi connectivity index (χ4n) is 2.09. The zero-order valence-electron chi connectivity index (χ0n) is 23.0. The molecule has 0 saturated carbocycles. The Balaban J connectivity index is 2.16. The van der Waals surface area contributed by atoms with Gasteiger partial charge in [0.1, 0.15) is 6.61 Å². The molecule has 2 N–H and O–H groups in total. The number of ether oxygens (including phenoxy) is 1. The number of alkyl carbamates (subject to hydrolysis) is 1. The summed E-state index contributed by atoms with van der Waals surface area (Å²) < 4.78 is 99.9. The van der Waals surface area contributed by atoms with Crippen molar-refractivity contribution in [3.63, 3.8) is 0 Å². The summed E-state index contributed by atoms with van der Waals surface area (Å²) in [7, 11) is 0. The van der Waals surface area contributed by atoms with Crippen LogP contribution < -0.4 is 5.32 Å². The lowest BCUT2D eigenvalue weighted by Crippen LogP contribution is -2.28. The summed E-state index contributed by atoms with van der Waals surface area (Å²) in [6.45, 7) is -7.51. The second-order valence-electron chi connectivity index (χ2n) is 4.64. The molecule has 2 heterocycles. The zero-order chi connectivity index (χ0) is 25.1. The number of hydrogen-bond donors (Lipinski definition) is 2. The van der Waals surface area contributed by atoms with Gasteiger partial charge < -0.3 is 19.9 Å². The van der Waals surface area contributed by atoms with E-state index in [0.29, 0.717) is 0 Å². The Morgan fingerprint density at radius 1 is 1.57 bits per heavy atom. The van der Waals surface area contributed by atoms with Gasteiger partial charge in [-0.3, -0.25) is 0 Å². The van der Waals surface area contributed by atoms with E-state index >= 15 is 0 Å². The number of carbonyl (C=O) groups is 1. The molecule has 1 saturated heterocycles. The standard InChI is InChI=1S/C16H21N3O2/c1-19(2)6-5-12-9-17-15-4-3-11(8-14(12)15)7-13-10-21-16(20)18-13/h3-4,8-9,13,17H,5-7,10H2,1-2H3,(H,18,20)/t13-/m0/s1/i1D3,2D3,3D,4D,5D2,8D,9D. The number of carbonyl (C=O) groups excluding carboxylic acids is 1. The summed E-state index contributed by atoms with van der Waals surface area (Å²) in [5.74, 6) is 0. The molecule has 1 atom stereocenters. The summed E-state index contributed by atoms with van der Waals surface area (Å²) in [6.07, 6.45) is -4.04. The van der Waals surface area contributed by atoms with Gasteiger partial charge in [0, 0.05) is 34.6 Å². The highest BCUT2D eigenvalue weighted by atomic mass is 16.6. The maximum atomic E-state index is 11.3. The number of H-pyrrole nitrogens is 1. The monoisotopic (exact) mass is 299 g/mol. The Labute approximate surface area is 141 Å². The van der Waals surface area contributed by atoms with Crippen LogP contribution in [-0.2, 0) is 17.5 Å². The summed E-state index contributed by atoms with van der Waals surface area (Å²) in [5.41, 5.74) is -0.649. The van der Waals surface area contributed by atoms with Crippen molar-refractivity contribution in [3.05, 3.63) is 35.4 Å². The van der Waals surface area contributed by atoms with E-state index in [9.17, 15) is 4.79 Å². The third-order valence-electron chi connectivity index (χ3n) is 3.03. The second kappa shape index (κ2) is 5.77. The molecule has 1 aliphatic heterocycles. The van der Waals surface area contributed by atoms with Crippen molar-refractivity contribution >= 4 is 17.0 Å². The molecule has 112 valence electrons. The second-order valence-corrected chi connectivity index (χ2v) is 4.64. The van der Waals surface area contributed by atoms with Crippen LogP contribution in [0.4, 0.5) is 4.79 Å². The van der Waals surface area contributed by atoms with Crippen molar-refractivity contribution in [2.24, 2.45) is 0 Å². The lowest BCUT2D eigenvalue weighted by molar-refractivity contribution is 0.177. The van der Waals surface area contributed by atoms with Crippen LogP contribution in [0.15, 0.2) is 24.3 Å². The van der Waals surface area contributed by atoms with Gasteiger partial charge in [-0.25, -0.2) is 4.79 Å². The van der Waals surface area contributed by atoms with E-state index in [0.717, 1.165) is 0 Å². The number of fused-ring (bicyclic) bond motifs is 1. The fraction of sp³-hybridized carbons (Fsp3) is 0.438. The molecule has 0 radical (unpaired) electrons. The van der Waals surface area contributed by atoms with E-state index < -0.39 is 56.8 Å². The van der Waals surface area contributed by atoms with E-state index in [4.69, 9.17) is 21.2 Å². The first kappa shape index (κ1) is 5.65. The van der Waals surface area contributed by atoms with Gasteiger partial charge in [0.25, 0.3) is 0 Å². The van der Waals surface area contributed by atoms with Crippen LogP contribution in [0.2, 0.25) is 0 Å². The SMILES string of the molecule is [2H]c1[nH]c2c([2H])c([2H])c(C[C@H]3COC(=O)N3)c([2H])c2c1C([2H])([2H])CN(C([2H])([2H])[2H])C([2H])([2H])[2H]. The van der Waals surface area contributed by atoms with Crippen molar-refractivity contribution in [3.8, 4) is 0 Å². The van der Waals surface area contributed by atoms with E-state index in [1.165, 1.54) is 0 Å². The van der Waals surface area contributed by atoms with E-state index in [1.807, 2.05) is 0 Å². The third-order valence-corrected chi connectivity index (χ3v) is 3.03. The van der Waals surface area contributed by atoms with Crippen molar-refractivity contribution in [2.45, 2.75) is 18.8 Å². The van der Waals surface area contributed by atoms with Crippen molar-refractivity contribution in [1.82, 2.24) is 15.2 Å². The average molecular weight is 299 g/mol. The number of benzene rings is 1. The largest absolute Gasteiger partial charge is 0.447 e. The Morgan fingerprint density at radius 3 is 3.24 bits per heavy atom. The molecule has 1 aromatic carbocycles. The fourth-order valence-corrected chi connectivity index (χ4v) is 2.09. The lowest BCUT2D eigenvalue weighted by atomic mass is 10.0. The highest BCUT2D eigenvalue weighted by molar-refractivity contribution is 5.84. The average Bonchev–Trinajstić information content (AvgIpc) is 3.23. The molecule has 5 heteroatoms. The molecule has 1 amide bonds. The molecule has 0 spiro atoms. The molecule has 0 aliphatic carbocycles. The molecule has 0 bridgehead atoms. The molecule has 21 heavy (non-hydrogen) atoms. The normalized spacial score (nSPS) is 28.4. The number of cyclic esters (lactones) is 1. The van der Waals surface area contributed by atoms with Crippen LogP contribution in [0.25, 0.3) is 10.9 Å². The molecular weight excluding hydrogens is 266 g/mol. The minimum atomic E-state index is -3.17. The van der Waals surface area contributed by atoms with Crippen molar-refractivity contribution < 1.29 is 26.0 Å². The number of likely N-dealkylation sites (N-methyl/N-ethyl adjacent to an activating group) is 1. The van der Waals surface area contributed by atoms with Crippen molar-refractivity contribution in [1.29, 1.82) is 0 Å². The van der Waals surface area contributed by atoms with Gasteiger partial charge >= 0.3 is 6.09 Å². The first-order valence-electron chi connectivity index (χ1n) is 12.3. The molecule has 2 aromatic rings. The minimum absolute atomic E-state index is 0.00264. The van der Waals surface area contributed by atoms with Crippen LogP contribution >= 0.6 is 0 Å². The van der Waals surface area contributed by atoms with Crippen LogP contribution in [-0.4, -0.2) is 49.1 Å². The highest BCUT2D eigenvalue weighted by Gasteiger charge is 2.22. The quantitative estimate of drug-likeness (QED) is 0.887. The Morgan fingerprint density at radius 2 is 2.48 bits per heavy atom. The molecule has 1 aromatic heterocycles. The molecule has 5 nitrogen and oxygen atoms in total. The first-order valence-corrected chi connectivity index (χ1v) is 6.27. The number of nitrogens with zero attached hydrogens (tertiary/aromatic N) is 1. The number of aromatic amines is 1. The van der Waals surface area contributed by atoms with Gasteiger partial charge in [0.15, 0.2) is 0 Å². The predicted molar refractivity (Wildman–Crippen MR) is 82.5 cm³/mol.